The Bertz CT molecular complexity index is 453. The summed E-state index contributed by atoms with van der Waals surface area (Å²) in [5, 5.41) is 14.9. The first-order valence-electron chi connectivity index (χ1n) is 6.02. The van der Waals surface area contributed by atoms with Gasteiger partial charge in [-0.3, -0.25) is 4.79 Å². The minimum absolute atomic E-state index is 0.0828. The van der Waals surface area contributed by atoms with Gasteiger partial charge in [0.05, 0.1) is 17.2 Å². The van der Waals surface area contributed by atoms with Crippen molar-refractivity contribution in [2.75, 3.05) is 18.4 Å². The predicted octanol–water partition coefficient (Wildman–Crippen LogP) is 1.32. The third-order valence-corrected chi connectivity index (χ3v) is 3.08. The van der Waals surface area contributed by atoms with Gasteiger partial charge in [0.15, 0.2) is 0 Å². The highest BCUT2D eigenvalue weighted by Gasteiger charge is 2.22. The summed E-state index contributed by atoms with van der Waals surface area (Å²) in [6.07, 6.45) is 1.81. The zero-order valence-electron chi connectivity index (χ0n) is 9.98. The van der Waals surface area contributed by atoms with E-state index in [9.17, 15) is 9.59 Å². The minimum Gasteiger partial charge on any atom is -0.478 e. The molecule has 1 aliphatic heterocycles. The number of piperidine rings is 1. The second kappa shape index (κ2) is 5.64. The third kappa shape index (κ3) is 2.87. The normalized spacial score (nSPS) is 19.2. The lowest BCUT2D eigenvalue weighted by molar-refractivity contribution is -0.120. The molecule has 1 heterocycles. The molecule has 1 atom stereocenters. The van der Waals surface area contributed by atoms with Gasteiger partial charge in [0, 0.05) is 6.54 Å². The number of hydrogen-bond donors (Lipinski definition) is 3. The number of benzene rings is 1. The van der Waals surface area contributed by atoms with E-state index >= 15 is 0 Å². The molecule has 96 valence electrons. The van der Waals surface area contributed by atoms with Crippen LogP contribution in [0.1, 0.15) is 23.2 Å². The van der Waals surface area contributed by atoms with Gasteiger partial charge in [-0.15, -0.1) is 0 Å². The van der Waals surface area contributed by atoms with Crippen LogP contribution in [0.25, 0.3) is 0 Å². The Kier molecular flexibility index (Phi) is 3.94. The van der Waals surface area contributed by atoms with E-state index in [1.165, 1.54) is 6.07 Å². The van der Waals surface area contributed by atoms with Crippen molar-refractivity contribution >= 4 is 17.6 Å². The molecule has 0 bridgehead atoms. The first-order chi connectivity index (χ1) is 8.68. The lowest BCUT2D eigenvalue weighted by Crippen LogP contribution is -2.37. The molecule has 1 aliphatic rings. The van der Waals surface area contributed by atoms with Crippen molar-refractivity contribution in [2.45, 2.75) is 12.8 Å². The number of amides is 1. The van der Waals surface area contributed by atoms with E-state index < -0.39 is 5.97 Å². The molecule has 0 radical (unpaired) electrons. The van der Waals surface area contributed by atoms with E-state index in [0.717, 1.165) is 19.4 Å². The molecule has 2 rings (SSSR count). The van der Waals surface area contributed by atoms with E-state index in [1.807, 2.05) is 0 Å². The zero-order valence-corrected chi connectivity index (χ0v) is 9.98. The Hall–Kier alpha value is -1.88. The number of para-hydroxylation sites is 1. The van der Waals surface area contributed by atoms with E-state index in [1.54, 1.807) is 18.2 Å². The van der Waals surface area contributed by atoms with Crippen molar-refractivity contribution in [3.8, 4) is 0 Å². The number of aromatic carboxylic acids is 1. The average molecular weight is 248 g/mol. The number of rotatable bonds is 3. The summed E-state index contributed by atoms with van der Waals surface area (Å²) in [6, 6.07) is 6.44. The highest BCUT2D eigenvalue weighted by molar-refractivity contribution is 6.01. The molecule has 0 aromatic heterocycles. The van der Waals surface area contributed by atoms with Crippen molar-refractivity contribution in [2.24, 2.45) is 5.92 Å². The van der Waals surface area contributed by atoms with Crippen LogP contribution in [-0.4, -0.2) is 30.1 Å². The van der Waals surface area contributed by atoms with Crippen LogP contribution in [0.15, 0.2) is 24.3 Å². The van der Waals surface area contributed by atoms with Crippen LogP contribution in [0.5, 0.6) is 0 Å². The third-order valence-electron chi connectivity index (χ3n) is 3.08. The first-order valence-corrected chi connectivity index (χ1v) is 6.02. The lowest BCUT2D eigenvalue weighted by atomic mass is 9.98. The van der Waals surface area contributed by atoms with E-state index in [0.29, 0.717) is 12.2 Å². The molecular weight excluding hydrogens is 232 g/mol. The monoisotopic (exact) mass is 248 g/mol. The van der Waals surface area contributed by atoms with Crippen LogP contribution in [0.2, 0.25) is 0 Å². The van der Waals surface area contributed by atoms with Crippen LogP contribution in [-0.2, 0) is 4.79 Å². The van der Waals surface area contributed by atoms with Crippen LogP contribution in [0, 0.1) is 5.92 Å². The smallest absolute Gasteiger partial charge is 0.337 e. The fourth-order valence-electron chi connectivity index (χ4n) is 2.09. The van der Waals surface area contributed by atoms with Gasteiger partial charge in [0.25, 0.3) is 0 Å². The van der Waals surface area contributed by atoms with Crippen molar-refractivity contribution in [3.05, 3.63) is 29.8 Å². The lowest BCUT2D eigenvalue weighted by Gasteiger charge is -2.22. The molecule has 1 fully saturated rings. The summed E-state index contributed by atoms with van der Waals surface area (Å²) in [5.74, 6) is -1.23. The molecule has 1 saturated heterocycles. The molecule has 5 heteroatoms. The number of carboxylic acids is 1. The molecule has 0 saturated carbocycles. The van der Waals surface area contributed by atoms with E-state index in [-0.39, 0.29) is 17.4 Å². The van der Waals surface area contributed by atoms with Crippen molar-refractivity contribution in [3.63, 3.8) is 0 Å². The maximum atomic E-state index is 12.0. The first kappa shape index (κ1) is 12.6. The Morgan fingerprint density at radius 2 is 2.11 bits per heavy atom. The quantitative estimate of drug-likeness (QED) is 0.754. The van der Waals surface area contributed by atoms with Gasteiger partial charge in [-0.25, -0.2) is 4.79 Å². The Morgan fingerprint density at radius 1 is 1.33 bits per heavy atom. The highest BCUT2D eigenvalue weighted by atomic mass is 16.4. The maximum Gasteiger partial charge on any atom is 0.337 e. The largest absolute Gasteiger partial charge is 0.478 e. The molecule has 3 N–H and O–H groups in total. The topological polar surface area (TPSA) is 78.4 Å². The van der Waals surface area contributed by atoms with Crippen LogP contribution in [0.3, 0.4) is 0 Å². The molecular formula is C13H16N2O3. The second-order valence-electron chi connectivity index (χ2n) is 4.38. The zero-order chi connectivity index (χ0) is 13.0. The molecule has 1 aromatic rings. The number of hydrogen-bond acceptors (Lipinski definition) is 3. The highest BCUT2D eigenvalue weighted by Crippen LogP contribution is 2.18. The van der Waals surface area contributed by atoms with Gasteiger partial charge in [0.2, 0.25) is 5.91 Å². The van der Waals surface area contributed by atoms with Crippen molar-refractivity contribution in [1.82, 2.24) is 5.32 Å². The molecule has 1 aromatic carbocycles. The van der Waals surface area contributed by atoms with Gasteiger partial charge >= 0.3 is 5.97 Å². The summed E-state index contributed by atoms with van der Waals surface area (Å²) in [7, 11) is 0. The van der Waals surface area contributed by atoms with Gasteiger partial charge in [0.1, 0.15) is 0 Å². The average Bonchev–Trinajstić information content (AvgIpc) is 2.40. The molecule has 1 amide bonds. The minimum atomic E-state index is -1.03. The van der Waals surface area contributed by atoms with Gasteiger partial charge in [-0.2, -0.15) is 0 Å². The number of carbonyl (C=O) groups is 2. The fraction of sp³-hybridized carbons (Fsp3) is 0.385. The number of carboxylic acid groups (broad SMARTS) is 1. The predicted molar refractivity (Wildman–Crippen MR) is 67.6 cm³/mol. The summed E-state index contributed by atoms with van der Waals surface area (Å²) in [4.78, 5) is 23.0. The standard InChI is InChI=1S/C13H16N2O3/c16-12(9-4-3-7-14-8-9)15-11-6-2-1-5-10(11)13(17)18/h1-2,5-6,9,14H,3-4,7-8H2,(H,15,16)(H,17,18)/t9-/m0/s1. The Labute approximate surface area is 105 Å². The van der Waals surface area contributed by atoms with Crippen LogP contribution in [0.4, 0.5) is 5.69 Å². The summed E-state index contributed by atoms with van der Waals surface area (Å²) in [6.45, 7) is 1.59. The number of carbonyl (C=O) groups excluding carboxylic acids is 1. The second-order valence-corrected chi connectivity index (χ2v) is 4.38. The van der Waals surface area contributed by atoms with Crippen molar-refractivity contribution < 1.29 is 14.7 Å². The van der Waals surface area contributed by atoms with Gasteiger partial charge in [-0.05, 0) is 31.5 Å². The van der Waals surface area contributed by atoms with Crippen molar-refractivity contribution in [1.29, 1.82) is 0 Å². The summed E-state index contributed by atoms with van der Waals surface area (Å²) >= 11 is 0. The Balaban J connectivity index is 2.08. The molecule has 0 unspecified atom stereocenters. The summed E-state index contributed by atoms with van der Waals surface area (Å²) in [5.41, 5.74) is 0.482. The summed E-state index contributed by atoms with van der Waals surface area (Å²) < 4.78 is 0. The molecule has 0 aliphatic carbocycles. The molecule has 5 nitrogen and oxygen atoms in total. The van der Waals surface area contributed by atoms with Gasteiger partial charge < -0.3 is 15.7 Å². The van der Waals surface area contributed by atoms with E-state index in [2.05, 4.69) is 10.6 Å². The number of anilines is 1. The SMILES string of the molecule is O=C(O)c1ccccc1NC(=O)[C@H]1CCCNC1. The molecule has 18 heavy (non-hydrogen) atoms. The van der Waals surface area contributed by atoms with Crippen LogP contribution >= 0.6 is 0 Å². The van der Waals surface area contributed by atoms with Gasteiger partial charge in [-0.1, -0.05) is 12.1 Å². The van der Waals surface area contributed by atoms with E-state index in [4.69, 9.17) is 5.11 Å². The van der Waals surface area contributed by atoms with Crippen LogP contribution < -0.4 is 10.6 Å². The molecule has 0 spiro atoms. The maximum absolute atomic E-state index is 12.0. The fourth-order valence-corrected chi connectivity index (χ4v) is 2.09. The Morgan fingerprint density at radius 3 is 2.78 bits per heavy atom. The number of nitrogens with one attached hydrogen (secondary N) is 2.